The summed E-state index contributed by atoms with van der Waals surface area (Å²) in [4.78, 5) is 10.1. The van der Waals surface area contributed by atoms with Crippen molar-refractivity contribution in [2.75, 3.05) is 0 Å². The number of benzene rings is 1. The molecule has 1 amide bonds. The van der Waals surface area contributed by atoms with Gasteiger partial charge in [0, 0.05) is 0 Å². The Balaban J connectivity index is 2.45. The summed E-state index contributed by atoms with van der Waals surface area (Å²) in [6, 6.07) is 9.58. The molecule has 1 aromatic rings. The van der Waals surface area contributed by atoms with E-state index < -0.39 is 22.1 Å². The molecule has 1 rings (SSSR count). The number of carboxylic acid groups (broad SMARTS) is 1. The number of nitrogens with one attached hydrogen (secondary N) is 1. The third-order valence-electron chi connectivity index (χ3n) is 1.09. The zero-order chi connectivity index (χ0) is 8.10. The van der Waals surface area contributed by atoms with Crippen molar-refractivity contribution in [3.8, 4) is 0 Å². The van der Waals surface area contributed by atoms with Crippen molar-refractivity contribution in [3.63, 3.8) is 0 Å². The monoisotopic (exact) mass is 213 g/mol. The van der Waals surface area contributed by atoms with Crippen molar-refractivity contribution in [1.82, 2.24) is 4.23 Å². The van der Waals surface area contributed by atoms with Crippen LogP contribution in [-0.2, 0) is 0 Å². The summed E-state index contributed by atoms with van der Waals surface area (Å²) in [5, 5.41) is 8.29. The molecule has 0 spiro atoms. The van der Waals surface area contributed by atoms with Gasteiger partial charge < -0.3 is 0 Å². The standard InChI is InChI=1S/C7H8AsNO2/c10-7(11)9-8-6-4-2-1-3-5-6/h1-5,8-9H,(H,10,11). The molecule has 0 fully saturated rings. The van der Waals surface area contributed by atoms with Gasteiger partial charge in [0.15, 0.2) is 0 Å². The van der Waals surface area contributed by atoms with E-state index in [4.69, 9.17) is 5.11 Å². The molecule has 1 unspecified atom stereocenters. The Hall–Kier alpha value is -0.952. The van der Waals surface area contributed by atoms with E-state index >= 15 is 0 Å². The quantitative estimate of drug-likeness (QED) is 0.675. The van der Waals surface area contributed by atoms with E-state index in [0.29, 0.717) is 0 Å². The van der Waals surface area contributed by atoms with Crippen LogP contribution in [0.2, 0.25) is 0 Å². The van der Waals surface area contributed by atoms with Gasteiger partial charge in [-0.15, -0.1) is 0 Å². The molecule has 3 nitrogen and oxygen atoms in total. The van der Waals surface area contributed by atoms with Crippen LogP contribution in [0.25, 0.3) is 0 Å². The van der Waals surface area contributed by atoms with Gasteiger partial charge in [0.05, 0.1) is 0 Å². The Bertz CT molecular complexity index is 237. The molecule has 4 heteroatoms. The minimum atomic E-state index is -0.936. The zero-order valence-corrected chi connectivity index (χ0v) is 7.84. The van der Waals surface area contributed by atoms with Gasteiger partial charge in [-0.25, -0.2) is 0 Å². The molecule has 0 aromatic heterocycles. The second kappa shape index (κ2) is 4.04. The Morgan fingerprint density at radius 2 is 2.00 bits per heavy atom. The van der Waals surface area contributed by atoms with E-state index in [1.54, 1.807) is 0 Å². The number of rotatable bonds is 2. The van der Waals surface area contributed by atoms with Crippen LogP contribution in [0.4, 0.5) is 4.79 Å². The van der Waals surface area contributed by atoms with Crippen LogP contribution in [-0.4, -0.2) is 27.2 Å². The first-order valence-electron chi connectivity index (χ1n) is 3.09. The maximum atomic E-state index is 10.1. The third-order valence-corrected chi connectivity index (χ3v) is 3.10. The molecule has 11 heavy (non-hydrogen) atoms. The first-order valence-corrected chi connectivity index (χ1v) is 5.19. The summed E-state index contributed by atoms with van der Waals surface area (Å²) >= 11 is -0.690. The fourth-order valence-electron chi connectivity index (χ4n) is 0.647. The Labute approximate surface area is 71.3 Å². The van der Waals surface area contributed by atoms with Crippen LogP contribution >= 0.6 is 0 Å². The fourth-order valence-corrected chi connectivity index (χ4v) is 1.93. The summed E-state index contributed by atoms with van der Waals surface area (Å²) in [6.45, 7) is 0. The average Bonchev–Trinajstić information content (AvgIpc) is 2.03. The molecule has 1 atom stereocenters. The predicted octanol–water partition coefficient (Wildman–Crippen LogP) is -0.0690. The second-order valence-electron chi connectivity index (χ2n) is 1.92. The van der Waals surface area contributed by atoms with Crippen LogP contribution < -0.4 is 8.58 Å². The van der Waals surface area contributed by atoms with E-state index in [2.05, 4.69) is 4.23 Å². The van der Waals surface area contributed by atoms with E-state index in [1.807, 2.05) is 30.3 Å². The normalized spacial score (nSPS) is 10.2. The van der Waals surface area contributed by atoms with Gasteiger partial charge in [-0.3, -0.25) is 0 Å². The van der Waals surface area contributed by atoms with Gasteiger partial charge >= 0.3 is 70.9 Å². The minimum absolute atomic E-state index is 0.690. The molecular formula is C7H8AsNO2. The van der Waals surface area contributed by atoms with Crippen molar-refractivity contribution in [3.05, 3.63) is 30.3 Å². The van der Waals surface area contributed by atoms with Crippen molar-refractivity contribution >= 4 is 26.4 Å². The molecule has 0 saturated carbocycles. The van der Waals surface area contributed by atoms with Crippen molar-refractivity contribution < 1.29 is 9.90 Å². The van der Waals surface area contributed by atoms with Crippen LogP contribution in [0.15, 0.2) is 30.3 Å². The molecule has 0 radical (unpaired) electrons. The number of hydrogen-bond donors (Lipinski definition) is 2. The van der Waals surface area contributed by atoms with Gasteiger partial charge in [0.1, 0.15) is 0 Å². The summed E-state index contributed by atoms with van der Waals surface area (Å²) in [7, 11) is 0. The van der Waals surface area contributed by atoms with E-state index in [1.165, 1.54) is 0 Å². The van der Waals surface area contributed by atoms with Crippen LogP contribution in [0, 0.1) is 0 Å². The zero-order valence-electron chi connectivity index (χ0n) is 5.74. The van der Waals surface area contributed by atoms with Gasteiger partial charge in [0.25, 0.3) is 0 Å². The number of amides is 1. The molecule has 0 saturated heterocycles. The summed E-state index contributed by atoms with van der Waals surface area (Å²) in [5.74, 6) is 0. The van der Waals surface area contributed by atoms with Crippen LogP contribution in [0.1, 0.15) is 0 Å². The molecule has 58 valence electrons. The third kappa shape index (κ3) is 3.10. The predicted molar refractivity (Wildman–Crippen MR) is 44.4 cm³/mol. The van der Waals surface area contributed by atoms with Gasteiger partial charge in [-0.1, -0.05) is 0 Å². The SMILES string of the molecule is O=C(O)N[AsH]c1ccccc1. The van der Waals surface area contributed by atoms with Crippen molar-refractivity contribution in [2.45, 2.75) is 0 Å². The fraction of sp³-hybridized carbons (Fsp3) is 0. The molecule has 1 aromatic carbocycles. The first-order chi connectivity index (χ1) is 5.29. The van der Waals surface area contributed by atoms with E-state index in [9.17, 15) is 4.79 Å². The Morgan fingerprint density at radius 1 is 1.36 bits per heavy atom. The van der Waals surface area contributed by atoms with Gasteiger partial charge in [0.2, 0.25) is 0 Å². The molecule has 2 N–H and O–H groups in total. The molecule has 0 aliphatic heterocycles. The van der Waals surface area contributed by atoms with Gasteiger partial charge in [-0.2, -0.15) is 0 Å². The topological polar surface area (TPSA) is 49.3 Å². The number of carbonyl (C=O) groups is 1. The molecule has 0 aliphatic carbocycles. The maximum absolute atomic E-state index is 10.1. The van der Waals surface area contributed by atoms with E-state index in [0.717, 1.165) is 4.35 Å². The van der Waals surface area contributed by atoms with Gasteiger partial charge in [-0.05, 0) is 0 Å². The molecule has 0 aliphatic rings. The number of hydrogen-bond acceptors (Lipinski definition) is 1. The summed E-state index contributed by atoms with van der Waals surface area (Å²) < 4.78 is 3.50. The Morgan fingerprint density at radius 3 is 2.55 bits per heavy atom. The van der Waals surface area contributed by atoms with E-state index in [-0.39, 0.29) is 0 Å². The first kappa shape index (κ1) is 8.15. The molecule has 0 bridgehead atoms. The second-order valence-corrected chi connectivity index (χ2v) is 4.18. The van der Waals surface area contributed by atoms with Crippen LogP contribution in [0.5, 0.6) is 0 Å². The summed E-state index contributed by atoms with van der Waals surface area (Å²) in [5.41, 5.74) is 0. The average molecular weight is 213 g/mol. The molecule has 0 heterocycles. The van der Waals surface area contributed by atoms with Crippen molar-refractivity contribution in [1.29, 1.82) is 0 Å². The van der Waals surface area contributed by atoms with Crippen LogP contribution in [0.3, 0.4) is 0 Å². The summed E-state index contributed by atoms with van der Waals surface area (Å²) in [6.07, 6.45) is -0.936. The van der Waals surface area contributed by atoms with Crippen molar-refractivity contribution in [2.24, 2.45) is 0 Å². The Kier molecular flexibility index (Phi) is 2.99. The molecular weight excluding hydrogens is 205 g/mol.